The van der Waals surface area contributed by atoms with Crippen molar-refractivity contribution in [2.24, 2.45) is 0 Å². The van der Waals surface area contributed by atoms with E-state index in [0.29, 0.717) is 29.5 Å². The van der Waals surface area contributed by atoms with E-state index in [1.54, 1.807) is 25.3 Å². The van der Waals surface area contributed by atoms with E-state index in [0.717, 1.165) is 19.6 Å². The Kier molecular flexibility index (Phi) is 6.01. The average molecular weight is 374 g/mol. The predicted octanol–water partition coefficient (Wildman–Crippen LogP) is 4.01. The fraction of sp³-hybridized carbons (Fsp3) is 0.350. The molecule has 1 aliphatic heterocycles. The summed E-state index contributed by atoms with van der Waals surface area (Å²) in [5.74, 6) is 0.598. The molecule has 5 nitrogen and oxygen atoms in total. The van der Waals surface area contributed by atoms with Crippen molar-refractivity contribution in [3.8, 4) is 5.75 Å². The predicted molar refractivity (Wildman–Crippen MR) is 105 cm³/mol. The normalized spacial score (nSPS) is 15.0. The number of urea groups is 1. The van der Waals surface area contributed by atoms with Crippen LogP contribution in [0.3, 0.4) is 0 Å². The van der Waals surface area contributed by atoms with Crippen LogP contribution in [0.5, 0.6) is 5.75 Å². The van der Waals surface area contributed by atoms with Gasteiger partial charge in [0.15, 0.2) is 0 Å². The summed E-state index contributed by atoms with van der Waals surface area (Å²) in [5.41, 5.74) is 3.18. The lowest BCUT2D eigenvalue weighted by Crippen LogP contribution is -2.49. The number of carbonyl (C=O) groups is 1. The number of hydrogen-bond acceptors (Lipinski definition) is 3. The molecule has 2 aromatic rings. The van der Waals surface area contributed by atoms with Gasteiger partial charge in [-0.3, -0.25) is 4.90 Å². The molecule has 1 heterocycles. The molecule has 0 saturated carbocycles. The van der Waals surface area contributed by atoms with E-state index in [1.165, 1.54) is 11.1 Å². The zero-order valence-corrected chi connectivity index (χ0v) is 15.9. The van der Waals surface area contributed by atoms with E-state index in [4.69, 9.17) is 16.3 Å². The molecule has 0 unspecified atom stereocenters. The number of anilines is 1. The maximum Gasteiger partial charge on any atom is 0.322 e. The van der Waals surface area contributed by atoms with Gasteiger partial charge in [-0.25, -0.2) is 4.79 Å². The maximum atomic E-state index is 12.6. The largest absolute Gasteiger partial charge is 0.495 e. The highest BCUT2D eigenvalue weighted by Crippen LogP contribution is 2.28. The summed E-state index contributed by atoms with van der Waals surface area (Å²) in [6, 6.07) is 13.6. The minimum Gasteiger partial charge on any atom is -0.495 e. The Balaban J connectivity index is 1.54. The third-order valence-corrected chi connectivity index (χ3v) is 4.79. The van der Waals surface area contributed by atoms with Crippen LogP contribution in [0.1, 0.15) is 11.1 Å². The first-order chi connectivity index (χ1) is 12.5. The van der Waals surface area contributed by atoms with Gasteiger partial charge in [-0.05, 0) is 30.7 Å². The Morgan fingerprint density at radius 1 is 1.15 bits per heavy atom. The number of piperazine rings is 1. The Morgan fingerprint density at radius 2 is 1.92 bits per heavy atom. The van der Waals surface area contributed by atoms with Gasteiger partial charge in [-0.2, -0.15) is 0 Å². The van der Waals surface area contributed by atoms with Crippen LogP contribution in [-0.4, -0.2) is 49.1 Å². The van der Waals surface area contributed by atoms with E-state index >= 15 is 0 Å². The second-order valence-corrected chi connectivity index (χ2v) is 6.96. The number of hydrogen-bond donors (Lipinski definition) is 1. The van der Waals surface area contributed by atoms with Crippen LogP contribution < -0.4 is 10.1 Å². The molecule has 0 atom stereocenters. The van der Waals surface area contributed by atoms with Crippen LogP contribution in [0.15, 0.2) is 42.5 Å². The third kappa shape index (κ3) is 4.68. The van der Waals surface area contributed by atoms with Crippen molar-refractivity contribution in [3.05, 3.63) is 58.6 Å². The van der Waals surface area contributed by atoms with Crippen LogP contribution in [-0.2, 0) is 6.54 Å². The van der Waals surface area contributed by atoms with Gasteiger partial charge < -0.3 is 15.0 Å². The van der Waals surface area contributed by atoms with Gasteiger partial charge in [0.1, 0.15) is 5.75 Å². The first-order valence-corrected chi connectivity index (χ1v) is 9.10. The van der Waals surface area contributed by atoms with Gasteiger partial charge in [0, 0.05) is 37.7 Å². The summed E-state index contributed by atoms with van der Waals surface area (Å²) in [7, 11) is 1.57. The van der Waals surface area contributed by atoms with Crippen LogP contribution in [0.4, 0.5) is 10.5 Å². The third-order valence-electron chi connectivity index (χ3n) is 4.55. The summed E-state index contributed by atoms with van der Waals surface area (Å²) < 4.78 is 5.28. The second-order valence-electron chi connectivity index (χ2n) is 6.53. The zero-order chi connectivity index (χ0) is 18.5. The number of ether oxygens (including phenoxy) is 1. The summed E-state index contributed by atoms with van der Waals surface area (Å²) in [4.78, 5) is 16.8. The first kappa shape index (κ1) is 18.5. The highest BCUT2D eigenvalue weighted by molar-refractivity contribution is 6.31. The molecular formula is C20H24ClN3O2. The summed E-state index contributed by atoms with van der Waals surface area (Å²) in [5, 5.41) is 3.46. The average Bonchev–Trinajstić information content (AvgIpc) is 2.62. The quantitative estimate of drug-likeness (QED) is 0.880. The maximum absolute atomic E-state index is 12.6. The number of methoxy groups -OCH3 is 1. The molecular weight excluding hydrogens is 350 g/mol. The van der Waals surface area contributed by atoms with Gasteiger partial charge in [0.05, 0.1) is 12.8 Å². The van der Waals surface area contributed by atoms with Crippen LogP contribution in [0, 0.1) is 6.92 Å². The Hall–Kier alpha value is -2.24. The van der Waals surface area contributed by atoms with Crippen LogP contribution in [0.25, 0.3) is 0 Å². The molecule has 0 aliphatic carbocycles. The minimum atomic E-state index is -0.124. The summed E-state index contributed by atoms with van der Waals surface area (Å²) >= 11 is 6.02. The van der Waals surface area contributed by atoms with Crippen LogP contribution in [0.2, 0.25) is 5.02 Å². The van der Waals surface area contributed by atoms with E-state index in [9.17, 15) is 4.79 Å². The lowest BCUT2D eigenvalue weighted by Gasteiger charge is -2.34. The van der Waals surface area contributed by atoms with Gasteiger partial charge in [0.2, 0.25) is 0 Å². The number of aryl methyl sites for hydroxylation is 1. The smallest absolute Gasteiger partial charge is 0.322 e. The molecule has 3 rings (SSSR count). The molecule has 0 radical (unpaired) electrons. The Morgan fingerprint density at radius 3 is 2.62 bits per heavy atom. The fourth-order valence-corrected chi connectivity index (χ4v) is 3.32. The van der Waals surface area contributed by atoms with Crippen LogP contribution >= 0.6 is 11.6 Å². The lowest BCUT2D eigenvalue weighted by atomic mass is 10.1. The molecule has 2 amide bonds. The SMILES string of the molecule is COc1ccc(Cl)cc1NC(=O)N1CCN(Cc2cccc(C)c2)CC1. The van der Waals surface area contributed by atoms with Crippen molar-refractivity contribution in [2.75, 3.05) is 38.6 Å². The molecule has 26 heavy (non-hydrogen) atoms. The van der Waals surface area contributed by atoms with Crippen molar-refractivity contribution in [1.82, 2.24) is 9.80 Å². The molecule has 0 spiro atoms. The van der Waals surface area contributed by atoms with Gasteiger partial charge in [-0.1, -0.05) is 41.4 Å². The van der Waals surface area contributed by atoms with Crippen molar-refractivity contribution in [2.45, 2.75) is 13.5 Å². The fourth-order valence-electron chi connectivity index (χ4n) is 3.15. The van der Waals surface area contributed by atoms with E-state index in [2.05, 4.69) is 41.4 Å². The number of nitrogens with zero attached hydrogens (tertiary/aromatic N) is 2. The number of amides is 2. The number of carbonyl (C=O) groups excluding carboxylic acids is 1. The van der Waals surface area contributed by atoms with Crippen molar-refractivity contribution < 1.29 is 9.53 Å². The first-order valence-electron chi connectivity index (χ1n) is 8.72. The molecule has 1 aliphatic rings. The monoisotopic (exact) mass is 373 g/mol. The summed E-state index contributed by atoms with van der Waals surface area (Å²) in [6.07, 6.45) is 0. The lowest BCUT2D eigenvalue weighted by molar-refractivity contribution is 0.143. The highest BCUT2D eigenvalue weighted by atomic mass is 35.5. The molecule has 0 aromatic heterocycles. The molecule has 0 bridgehead atoms. The highest BCUT2D eigenvalue weighted by Gasteiger charge is 2.22. The van der Waals surface area contributed by atoms with Gasteiger partial charge in [-0.15, -0.1) is 0 Å². The van der Waals surface area contributed by atoms with Crippen molar-refractivity contribution in [3.63, 3.8) is 0 Å². The standard InChI is InChI=1S/C20H24ClN3O2/c1-15-4-3-5-16(12-15)14-23-8-10-24(11-9-23)20(25)22-18-13-17(21)6-7-19(18)26-2/h3-7,12-13H,8-11,14H2,1-2H3,(H,22,25). The molecule has 1 N–H and O–H groups in total. The van der Waals surface area contributed by atoms with E-state index < -0.39 is 0 Å². The zero-order valence-electron chi connectivity index (χ0n) is 15.2. The van der Waals surface area contributed by atoms with Crippen molar-refractivity contribution in [1.29, 1.82) is 0 Å². The number of rotatable bonds is 4. The number of benzene rings is 2. The number of nitrogens with one attached hydrogen (secondary N) is 1. The molecule has 2 aromatic carbocycles. The molecule has 1 saturated heterocycles. The number of halogens is 1. The molecule has 138 valence electrons. The second kappa shape index (κ2) is 8.43. The Labute approximate surface area is 159 Å². The topological polar surface area (TPSA) is 44.8 Å². The van der Waals surface area contributed by atoms with Crippen molar-refractivity contribution >= 4 is 23.3 Å². The minimum absolute atomic E-state index is 0.124. The Bertz CT molecular complexity index is 773. The van der Waals surface area contributed by atoms with E-state index in [1.807, 2.05) is 4.90 Å². The molecule has 1 fully saturated rings. The summed E-state index contributed by atoms with van der Waals surface area (Å²) in [6.45, 7) is 6.12. The van der Waals surface area contributed by atoms with Gasteiger partial charge >= 0.3 is 6.03 Å². The van der Waals surface area contributed by atoms with Gasteiger partial charge in [0.25, 0.3) is 0 Å². The van der Waals surface area contributed by atoms with E-state index in [-0.39, 0.29) is 6.03 Å². The molecule has 6 heteroatoms.